The predicted octanol–water partition coefficient (Wildman–Crippen LogP) is 3.40. The Morgan fingerprint density at radius 2 is 1.88 bits per heavy atom. The van der Waals surface area contributed by atoms with E-state index in [9.17, 15) is 9.59 Å². The van der Waals surface area contributed by atoms with Crippen LogP contribution in [-0.4, -0.2) is 45.0 Å². The third kappa shape index (κ3) is 2.87. The Kier molecular flexibility index (Phi) is 3.65. The lowest BCUT2D eigenvalue weighted by Gasteiger charge is -2.58. The van der Waals surface area contributed by atoms with Crippen molar-refractivity contribution in [3.63, 3.8) is 0 Å². The number of likely N-dealkylation sites (tertiary alicyclic amines) is 1. The summed E-state index contributed by atoms with van der Waals surface area (Å²) in [6.45, 7) is 6.99. The van der Waals surface area contributed by atoms with Gasteiger partial charge in [-0.3, -0.25) is 4.79 Å². The lowest BCUT2D eigenvalue weighted by Crippen LogP contribution is -2.65. The van der Waals surface area contributed by atoms with E-state index in [1.54, 1.807) is 4.90 Å². The number of hydrogen-bond donors (Lipinski definition) is 0. The van der Waals surface area contributed by atoms with Gasteiger partial charge in [0.2, 0.25) is 0 Å². The Balaban J connectivity index is 1.35. The molecular formula is C20H25N3O3. The highest BCUT2D eigenvalue weighted by Crippen LogP contribution is 2.52. The second-order valence-corrected chi connectivity index (χ2v) is 8.84. The van der Waals surface area contributed by atoms with Crippen LogP contribution < -0.4 is 0 Å². The molecule has 3 heterocycles. The molecule has 1 aliphatic heterocycles. The monoisotopic (exact) mass is 355 g/mol. The lowest BCUT2D eigenvalue weighted by molar-refractivity contribution is -0.0865. The summed E-state index contributed by atoms with van der Waals surface area (Å²) in [6, 6.07) is 5.77. The number of fused-ring (bicyclic) bond motifs is 1. The molecule has 1 amide bonds. The smallest absolute Gasteiger partial charge is 0.410 e. The molecule has 1 saturated heterocycles. The summed E-state index contributed by atoms with van der Waals surface area (Å²) < 4.78 is 7.33. The van der Waals surface area contributed by atoms with Crippen molar-refractivity contribution in [2.75, 3.05) is 13.1 Å². The zero-order valence-electron chi connectivity index (χ0n) is 15.8. The van der Waals surface area contributed by atoms with E-state index in [4.69, 9.17) is 4.74 Å². The summed E-state index contributed by atoms with van der Waals surface area (Å²) >= 11 is 0. The van der Waals surface area contributed by atoms with Crippen molar-refractivity contribution < 1.29 is 14.3 Å². The molecule has 26 heavy (non-hydrogen) atoms. The van der Waals surface area contributed by atoms with E-state index < -0.39 is 5.60 Å². The van der Waals surface area contributed by atoms with Crippen molar-refractivity contribution in [1.82, 2.24) is 14.5 Å². The summed E-state index contributed by atoms with van der Waals surface area (Å²) in [4.78, 5) is 31.1. The minimum Gasteiger partial charge on any atom is -0.444 e. The quantitative estimate of drug-likeness (QED) is 0.775. The van der Waals surface area contributed by atoms with Crippen LogP contribution in [0, 0.1) is 11.3 Å². The number of aromatic nitrogens is 2. The van der Waals surface area contributed by atoms with Crippen LogP contribution in [0.25, 0.3) is 11.0 Å². The number of hydrogen-bond acceptors (Lipinski definition) is 4. The number of rotatable bonds is 2. The van der Waals surface area contributed by atoms with Crippen molar-refractivity contribution in [2.24, 2.45) is 18.4 Å². The van der Waals surface area contributed by atoms with Gasteiger partial charge in [0.15, 0.2) is 5.78 Å². The number of pyridine rings is 1. The first kappa shape index (κ1) is 17.1. The minimum atomic E-state index is -0.473. The predicted molar refractivity (Wildman–Crippen MR) is 98.0 cm³/mol. The van der Waals surface area contributed by atoms with Crippen LogP contribution in [0.3, 0.4) is 0 Å². The molecule has 2 aromatic rings. The highest BCUT2D eigenvalue weighted by Gasteiger charge is 2.56. The number of aryl methyl sites for hydroxylation is 1. The number of Topliss-reactive ketones (excluding diaryl/α,β-unsaturated/α-hetero) is 1. The van der Waals surface area contributed by atoms with Crippen molar-refractivity contribution in [2.45, 2.75) is 39.2 Å². The van der Waals surface area contributed by atoms with Gasteiger partial charge in [-0.2, -0.15) is 0 Å². The molecule has 0 atom stereocenters. The first-order valence-electron chi connectivity index (χ1n) is 9.10. The summed E-state index contributed by atoms with van der Waals surface area (Å²) in [5.41, 5.74) is 1.01. The molecule has 1 aliphatic carbocycles. The lowest BCUT2D eigenvalue weighted by atomic mass is 9.56. The van der Waals surface area contributed by atoms with Crippen LogP contribution in [0.2, 0.25) is 0 Å². The maximum atomic E-state index is 12.8. The van der Waals surface area contributed by atoms with Gasteiger partial charge < -0.3 is 14.2 Å². The average Bonchev–Trinajstić information content (AvgIpc) is 2.83. The van der Waals surface area contributed by atoms with Crippen LogP contribution in [0.4, 0.5) is 4.79 Å². The van der Waals surface area contributed by atoms with E-state index >= 15 is 0 Å². The topological polar surface area (TPSA) is 64.4 Å². The zero-order valence-corrected chi connectivity index (χ0v) is 15.8. The summed E-state index contributed by atoms with van der Waals surface area (Å²) in [5.74, 6) is 0.135. The molecule has 2 aromatic heterocycles. The molecular weight excluding hydrogens is 330 g/mol. The molecule has 4 rings (SSSR count). The molecule has 1 spiro atoms. The summed E-state index contributed by atoms with van der Waals surface area (Å²) in [7, 11) is 1.93. The normalized spacial score (nSPS) is 19.3. The minimum absolute atomic E-state index is 0.0148. The van der Waals surface area contributed by atoms with Gasteiger partial charge in [0.05, 0.1) is 0 Å². The van der Waals surface area contributed by atoms with Crippen LogP contribution in [-0.2, 0) is 11.8 Å². The van der Waals surface area contributed by atoms with Gasteiger partial charge in [0.1, 0.15) is 16.9 Å². The summed E-state index contributed by atoms with van der Waals surface area (Å²) in [5, 5.41) is 1.04. The maximum absolute atomic E-state index is 12.8. The molecule has 2 fully saturated rings. The molecule has 1 saturated carbocycles. The fraction of sp³-hybridized carbons (Fsp3) is 0.550. The number of carbonyl (C=O) groups is 2. The number of carbonyl (C=O) groups excluding carboxylic acids is 2. The van der Waals surface area contributed by atoms with Gasteiger partial charge in [-0.1, -0.05) is 0 Å². The molecule has 6 heteroatoms. The molecule has 138 valence electrons. The van der Waals surface area contributed by atoms with E-state index in [0.29, 0.717) is 18.8 Å². The van der Waals surface area contributed by atoms with Crippen molar-refractivity contribution in [3.05, 3.63) is 30.1 Å². The van der Waals surface area contributed by atoms with Crippen LogP contribution in [0.15, 0.2) is 24.4 Å². The Hall–Kier alpha value is -2.37. The van der Waals surface area contributed by atoms with Crippen LogP contribution >= 0.6 is 0 Å². The third-order valence-corrected chi connectivity index (χ3v) is 5.40. The first-order valence-corrected chi connectivity index (χ1v) is 9.10. The van der Waals surface area contributed by atoms with E-state index in [-0.39, 0.29) is 23.2 Å². The second kappa shape index (κ2) is 5.56. The Labute approximate surface area is 153 Å². The highest BCUT2D eigenvalue weighted by molar-refractivity contribution is 5.98. The van der Waals surface area contributed by atoms with Gasteiger partial charge in [-0.25, -0.2) is 9.78 Å². The third-order valence-electron chi connectivity index (χ3n) is 5.40. The molecule has 6 nitrogen and oxygen atoms in total. The standard InChI is InChI=1S/C20H25N3O3/c1-19(2,3)26-18(25)23-11-20(12-23)9-14(10-20)16(24)15-6-5-13-7-8-22(4)17(13)21-15/h5-8,14H,9-12H2,1-4H3. The second-order valence-electron chi connectivity index (χ2n) is 8.84. The number of amides is 1. The average molecular weight is 355 g/mol. The van der Waals surface area contributed by atoms with Gasteiger partial charge in [0.25, 0.3) is 0 Å². The molecule has 0 aromatic carbocycles. The van der Waals surface area contributed by atoms with E-state index in [1.165, 1.54) is 0 Å². The highest BCUT2D eigenvalue weighted by atomic mass is 16.6. The Bertz CT molecular complexity index is 879. The first-order chi connectivity index (χ1) is 12.2. The van der Waals surface area contributed by atoms with Crippen LogP contribution in [0.1, 0.15) is 44.1 Å². The van der Waals surface area contributed by atoms with Gasteiger partial charge >= 0.3 is 6.09 Å². The maximum Gasteiger partial charge on any atom is 0.410 e. The fourth-order valence-corrected chi connectivity index (χ4v) is 4.13. The van der Waals surface area contributed by atoms with Crippen molar-refractivity contribution in [3.8, 4) is 0 Å². The zero-order chi connectivity index (χ0) is 18.7. The summed E-state index contributed by atoms with van der Waals surface area (Å²) in [6.07, 6.45) is 3.36. The molecule has 0 unspecified atom stereocenters. The molecule has 2 aliphatic rings. The van der Waals surface area contributed by atoms with Crippen molar-refractivity contribution in [1.29, 1.82) is 0 Å². The van der Waals surface area contributed by atoms with Crippen molar-refractivity contribution >= 4 is 22.9 Å². The van der Waals surface area contributed by atoms with E-state index in [1.807, 2.05) is 56.8 Å². The molecule has 0 radical (unpaired) electrons. The largest absolute Gasteiger partial charge is 0.444 e. The van der Waals surface area contributed by atoms with Crippen LogP contribution in [0.5, 0.6) is 0 Å². The Morgan fingerprint density at radius 3 is 2.54 bits per heavy atom. The van der Waals surface area contributed by atoms with Gasteiger partial charge in [-0.15, -0.1) is 0 Å². The van der Waals surface area contributed by atoms with E-state index in [2.05, 4.69) is 4.98 Å². The number of nitrogens with zero attached hydrogens (tertiary/aromatic N) is 3. The van der Waals surface area contributed by atoms with E-state index in [0.717, 1.165) is 23.9 Å². The van der Waals surface area contributed by atoms with Gasteiger partial charge in [0, 0.05) is 43.1 Å². The molecule has 0 bridgehead atoms. The SMILES string of the molecule is Cn1ccc2ccc(C(=O)C3CC4(C3)CN(C(=O)OC(C)(C)C)C4)nc21. The van der Waals surface area contributed by atoms with Gasteiger partial charge in [-0.05, 0) is 51.8 Å². The fourth-order valence-electron chi connectivity index (χ4n) is 4.13. The molecule has 0 N–H and O–H groups in total. The number of ether oxygens (including phenoxy) is 1. The number of ketones is 1. The Morgan fingerprint density at radius 1 is 1.19 bits per heavy atom.